The lowest BCUT2D eigenvalue weighted by molar-refractivity contribution is 0.210. The summed E-state index contributed by atoms with van der Waals surface area (Å²) < 4.78 is 9.48. The molecule has 1 saturated heterocycles. The summed E-state index contributed by atoms with van der Waals surface area (Å²) in [4.78, 5) is 6.89. The third-order valence-electron chi connectivity index (χ3n) is 6.99. The summed E-state index contributed by atoms with van der Waals surface area (Å²) in [6.07, 6.45) is 9.06. The van der Waals surface area contributed by atoms with E-state index < -0.39 is 0 Å². The van der Waals surface area contributed by atoms with E-state index in [-0.39, 0.29) is 12.1 Å². The summed E-state index contributed by atoms with van der Waals surface area (Å²) in [6.45, 7) is 0. The van der Waals surface area contributed by atoms with E-state index in [9.17, 15) is 0 Å². The van der Waals surface area contributed by atoms with Crippen molar-refractivity contribution in [3.63, 3.8) is 0 Å². The molecule has 0 spiro atoms. The zero-order valence-corrected chi connectivity index (χ0v) is 22.2. The van der Waals surface area contributed by atoms with E-state index in [2.05, 4.69) is 103 Å². The smallest absolute Gasteiger partial charge is 0.174 e. The van der Waals surface area contributed by atoms with E-state index in [4.69, 9.17) is 17.0 Å². The lowest BCUT2D eigenvalue weighted by Gasteiger charge is -2.29. The fourth-order valence-electron chi connectivity index (χ4n) is 5.31. The molecule has 1 N–H and O–H groups in total. The zero-order chi connectivity index (χ0) is 24.5. The van der Waals surface area contributed by atoms with Gasteiger partial charge >= 0.3 is 0 Å². The number of nitrogens with one attached hydrogen (secondary N) is 1. The van der Waals surface area contributed by atoms with Gasteiger partial charge < -0.3 is 19.5 Å². The minimum absolute atomic E-state index is 0.0945. The van der Waals surface area contributed by atoms with Crippen LogP contribution >= 0.6 is 28.1 Å². The van der Waals surface area contributed by atoms with Crippen molar-refractivity contribution >= 4 is 38.9 Å². The van der Waals surface area contributed by atoms with Crippen molar-refractivity contribution < 1.29 is 4.74 Å². The number of nitrogens with zero attached hydrogens (tertiary/aromatic N) is 3. The maximum Gasteiger partial charge on any atom is 0.174 e. The molecule has 5 nitrogen and oxygen atoms in total. The van der Waals surface area contributed by atoms with E-state index in [0.717, 1.165) is 45.8 Å². The van der Waals surface area contributed by atoms with Crippen LogP contribution in [0, 0.1) is 0 Å². The number of anilines is 1. The van der Waals surface area contributed by atoms with Gasteiger partial charge in [0.05, 0.1) is 17.8 Å². The molecule has 2 atom stereocenters. The first-order valence-electron chi connectivity index (χ1n) is 12.4. The van der Waals surface area contributed by atoms with Crippen molar-refractivity contribution in [2.75, 3.05) is 4.90 Å². The number of halogens is 1. The molecule has 2 aromatic carbocycles. The summed E-state index contributed by atoms with van der Waals surface area (Å²) in [5.41, 5.74) is 4.19. The topological polar surface area (TPSA) is 42.3 Å². The molecule has 6 rings (SSSR count). The quantitative estimate of drug-likeness (QED) is 0.255. The summed E-state index contributed by atoms with van der Waals surface area (Å²) >= 11 is 9.54. The number of thiocarbonyl (C=S) groups is 1. The second kappa shape index (κ2) is 10.1. The summed E-state index contributed by atoms with van der Waals surface area (Å²) in [6, 6.07) is 26.8. The van der Waals surface area contributed by atoms with Crippen LogP contribution in [0.5, 0.6) is 5.75 Å². The molecule has 3 heterocycles. The van der Waals surface area contributed by atoms with Crippen LogP contribution in [0.2, 0.25) is 0 Å². The SMILES string of the molecule is S=C1N[C@@H](c2ccccn2)[C@H](c2cccn2-c2cccc(Br)c2)N1c1ccc(OC2CCCC2)cc1. The molecule has 7 heteroatoms. The Balaban J connectivity index is 1.40. The fourth-order valence-corrected chi connectivity index (χ4v) is 6.05. The average molecular weight is 560 g/mol. The molecule has 2 aliphatic rings. The number of rotatable bonds is 6. The van der Waals surface area contributed by atoms with Gasteiger partial charge in [-0.25, -0.2) is 0 Å². The molecule has 1 saturated carbocycles. The lowest BCUT2D eigenvalue weighted by atomic mass is 10.0. The third-order valence-corrected chi connectivity index (χ3v) is 7.80. The first kappa shape index (κ1) is 23.3. The van der Waals surface area contributed by atoms with Crippen LogP contribution in [0.1, 0.15) is 49.2 Å². The highest BCUT2D eigenvalue weighted by Crippen LogP contribution is 2.42. The molecule has 1 aliphatic carbocycles. The Hall–Kier alpha value is -3.16. The number of aromatic nitrogens is 2. The lowest BCUT2D eigenvalue weighted by Crippen LogP contribution is -2.30. The number of benzene rings is 2. The van der Waals surface area contributed by atoms with Crippen molar-refractivity contribution in [3.05, 3.63) is 107 Å². The maximum absolute atomic E-state index is 6.21. The largest absolute Gasteiger partial charge is 0.490 e. The first-order chi connectivity index (χ1) is 17.7. The first-order valence-corrected chi connectivity index (χ1v) is 13.6. The third kappa shape index (κ3) is 4.53. The molecule has 0 unspecified atom stereocenters. The van der Waals surface area contributed by atoms with Crippen LogP contribution in [0.4, 0.5) is 5.69 Å². The van der Waals surface area contributed by atoms with Gasteiger partial charge in [-0.1, -0.05) is 28.1 Å². The molecule has 2 aromatic heterocycles. The average Bonchev–Trinajstić information content (AvgIpc) is 3.65. The number of hydrogen-bond donors (Lipinski definition) is 1. The second-order valence-corrected chi connectivity index (χ2v) is 10.6. The van der Waals surface area contributed by atoms with Crippen molar-refractivity contribution in [2.24, 2.45) is 0 Å². The van der Waals surface area contributed by atoms with E-state index in [1.54, 1.807) is 0 Å². The predicted octanol–water partition coefficient (Wildman–Crippen LogP) is 7.13. The van der Waals surface area contributed by atoms with Gasteiger partial charge in [0.25, 0.3) is 0 Å². The van der Waals surface area contributed by atoms with Crippen molar-refractivity contribution in [3.8, 4) is 11.4 Å². The molecular formula is C29H27BrN4OS. The molecular weight excluding hydrogens is 532 g/mol. The molecule has 0 radical (unpaired) electrons. The highest BCUT2D eigenvalue weighted by atomic mass is 79.9. The Morgan fingerprint density at radius 3 is 2.50 bits per heavy atom. The fraction of sp³-hybridized carbons (Fsp3) is 0.241. The minimum Gasteiger partial charge on any atom is -0.490 e. The maximum atomic E-state index is 6.21. The van der Waals surface area contributed by atoms with E-state index >= 15 is 0 Å². The predicted molar refractivity (Wildman–Crippen MR) is 151 cm³/mol. The van der Waals surface area contributed by atoms with Crippen molar-refractivity contribution in [1.29, 1.82) is 0 Å². The Kier molecular flexibility index (Phi) is 6.50. The van der Waals surface area contributed by atoms with Crippen LogP contribution in [0.15, 0.2) is 95.7 Å². The van der Waals surface area contributed by atoms with Crippen LogP contribution in [-0.2, 0) is 0 Å². The van der Waals surface area contributed by atoms with Gasteiger partial charge in [0.1, 0.15) is 11.8 Å². The number of hydrogen-bond acceptors (Lipinski definition) is 3. The number of ether oxygens (including phenoxy) is 1. The second-order valence-electron chi connectivity index (χ2n) is 9.30. The monoisotopic (exact) mass is 558 g/mol. The van der Waals surface area contributed by atoms with Gasteiger partial charge in [0, 0.05) is 33.9 Å². The van der Waals surface area contributed by atoms with Gasteiger partial charge in [-0.3, -0.25) is 4.98 Å². The van der Waals surface area contributed by atoms with Crippen molar-refractivity contribution in [2.45, 2.75) is 43.9 Å². The van der Waals surface area contributed by atoms with Gasteiger partial charge in [-0.15, -0.1) is 0 Å². The van der Waals surface area contributed by atoms with Crippen LogP contribution in [0.3, 0.4) is 0 Å². The highest BCUT2D eigenvalue weighted by molar-refractivity contribution is 9.10. The van der Waals surface area contributed by atoms with Crippen LogP contribution in [-0.4, -0.2) is 20.8 Å². The number of pyridine rings is 1. The molecule has 0 bridgehead atoms. The van der Waals surface area contributed by atoms with Gasteiger partial charge in [-0.05, 0) is 105 Å². The van der Waals surface area contributed by atoms with Gasteiger partial charge in [0.15, 0.2) is 5.11 Å². The molecule has 4 aromatic rings. The molecule has 182 valence electrons. The molecule has 2 fully saturated rings. The molecule has 1 aliphatic heterocycles. The summed E-state index contributed by atoms with van der Waals surface area (Å²) in [5.74, 6) is 0.916. The molecule has 0 amide bonds. The molecule has 36 heavy (non-hydrogen) atoms. The van der Waals surface area contributed by atoms with Gasteiger partial charge in [0.2, 0.25) is 0 Å². The highest BCUT2D eigenvalue weighted by Gasteiger charge is 2.42. The Morgan fingerprint density at radius 2 is 1.75 bits per heavy atom. The van der Waals surface area contributed by atoms with E-state index in [1.807, 2.05) is 24.4 Å². The normalized spacial score (nSPS) is 20.0. The van der Waals surface area contributed by atoms with E-state index in [0.29, 0.717) is 11.2 Å². The summed E-state index contributed by atoms with van der Waals surface area (Å²) in [5, 5.41) is 4.24. The van der Waals surface area contributed by atoms with Gasteiger partial charge in [-0.2, -0.15) is 0 Å². The Bertz CT molecular complexity index is 1350. The minimum atomic E-state index is -0.103. The van der Waals surface area contributed by atoms with Crippen LogP contribution in [0.25, 0.3) is 5.69 Å². The Labute approximate surface area is 225 Å². The van der Waals surface area contributed by atoms with Crippen molar-refractivity contribution in [1.82, 2.24) is 14.9 Å². The standard InChI is InChI=1S/C29H27BrN4OS/c30-20-7-5-8-22(19-20)33-18-6-12-26(33)28-27(25-11-3-4-17-31-25)32-29(36)34(28)21-13-15-24(16-14-21)35-23-9-1-2-10-23/h3-8,11-19,23,27-28H,1-2,9-10H2,(H,32,36)/t27-,28-/m0/s1. The Morgan fingerprint density at radius 1 is 0.917 bits per heavy atom. The summed E-state index contributed by atoms with van der Waals surface area (Å²) in [7, 11) is 0. The van der Waals surface area contributed by atoms with E-state index in [1.165, 1.54) is 12.8 Å². The van der Waals surface area contributed by atoms with Crippen LogP contribution < -0.4 is 15.0 Å². The zero-order valence-electron chi connectivity index (χ0n) is 19.8.